The molecule has 2 fully saturated rings. The monoisotopic (exact) mass is 271 g/mol. The molecular weight excluding hydrogens is 254 g/mol. The van der Waals surface area contributed by atoms with Gasteiger partial charge in [0.25, 0.3) is 0 Å². The second kappa shape index (κ2) is 4.85. The average Bonchev–Trinajstić information content (AvgIpc) is 3.26. The Kier molecular flexibility index (Phi) is 2.86. The maximum atomic E-state index is 5.36. The molecule has 3 heterocycles. The van der Waals surface area contributed by atoms with E-state index in [4.69, 9.17) is 4.52 Å². The first kappa shape index (κ1) is 11.8. The number of piperidine rings is 1. The van der Waals surface area contributed by atoms with Crippen molar-refractivity contribution < 1.29 is 4.52 Å². The fourth-order valence-electron chi connectivity index (χ4n) is 2.73. The predicted molar refractivity (Wildman–Crippen MR) is 72.5 cm³/mol. The molecule has 1 saturated heterocycles. The topological polar surface area (TPSA) is 67.9 Å². The lowest BCUT2D eigenvalue weighted by atomic mass is 9.96. The fourth-order valence-corrected chi connectivity index (χ4v) is 2.73. The molecule has 0 amide bonds. The van der Waals surface area contributed by atoms with Crippen molar-refractivity contribution >= 4 is 5.82 Å². The Balaban J connectivity index is 1.41. The van der Waals surface area contributed by atoms with E-state index >= 15 is 0 Å². The molecule has 1 aliphatic carbocycles. The van der Waals surface area contributed by atoms with Crippen LogP contribution in [0.1, 0.15) is 49.2 Å². The van der Waals surface area contributed by atoms with Gasteiger partial charge in [0.2, 0.25) is 5.89 Å². The third-order valence-electron chi connectivity index (χ3n) is 4.12. The summed E-state index contributed by atoms with van der Waals surface area (Å²) in [7, 11) is 0. The van der Waals surface area contributed by atoms with Gasteiger partial charge >= 0.3 is 0 Å². The van der Waals surface area contributed by atoms with Crippen LogP contribution in [-0.2, 0) is 0 Å². The zero-order valence-electron chi connectivity index (χ0n) is 11.3. The molecular formula is C14H17N5O. The van der Waals surface area contributed by atoms with Crippen LogP contribution in [0.2, 0.25) is 0 Å². The Morgan fingerprint density at radius 1 is 1.05 bits per heavy atom. The van der Waals surface area contributed by atoms with E-state index in [0.29, 0.717) is 11.8 Å². The third-order valence-corrected chi connectivity index (χ3v) is 4.12. The van der Waals surface area contributed by atoms with Crippen molar-refractivity contribution in [3.8, 4) is 0 Å². The molecule has 6 heteroatoms. The molecule has 104 valence electrons. The number of hydrogen-bond donors (Lipinski definition) is 0. The van der Waals surface area contributed by atoms with Gasteiger partial charge in [-0.15, -0.1) is 0 Å². The van der Waals surface area contributed by atoms with E-state index in [2.05, 4.69) is 25.0 Å². The molecule has 2 aromatic rings. The van der Waals surface area contributed by atoms with E-state index < -0.39 is 0 Å². The summed E-state index contributed by atoms with van der Waals surface area (Å²) in [5.41, 5.74) is 0. The van der Waals surface area contributed by atoms with E-state index in [9.17, 15) is 0 Å². The molecule has 1 aliphatic heterocycles. The summed E-state index contributed by atoms with van der Waals surface area (Å²) in [5, 5.41) is 4.17. The SMILES string of the molecule is c1cnc(N2CCC(c3noc(C4CC4)n3)CC2)cn1. The van der Waals surface area contributed by atoms with Crippen molar-refractivity contribution in [2.24, 2.45) is 0 Å². The van der Waals surface area contributed by atoms with Crippen molar-refractivity contribution in [1.29, 1.82) is 0 Å². The lowest BCUT2D eigenvalue weighted by Crippen LogP contribution is -2.33. The molecule has 6 nitrogen and oxygen atoms in total. The van der Waals surface area contributed by atoms with Crippen LogP contribution in [0, 0.1) is 0 Å². The van der Waals surface area contributed by atoms with Gasteiger partial charge in [-0.05, 0) is 25.7 Å². The lowest BCUT2D eigenvalue weighted by Gasteiger charge is -2.31. The Hall–Kier alpha value is -1.98. The maximum absolute atomic E-state index is 5.36. The van der Waals surface area contributed by atoms with E-state index in [1.165, 1.54) is 12.8 Å². The molecule has 4 rings (SSSR count). The molecule has 1 saturated carbocycles. The van der Waals surface area contributed by atoms with Gasteiger partial charge in [0.05, 0.1) is 6.20 Å². The molecule has 2 aliphatic rings. The van der Waals surface area contributed by atoms with Crippen LogP contribution >= 0.6 is 0 Å². The zero-order valence-corrected chi connectivity index (χ0v) is 11.3. The molecule has 0 bridgehead atoms. The minimum absolute atomic E-state index is 0.416. The van der Waals surface area contributed by atoms with Crippen molar-refractivity contribution in [1.82, 2.24) is 20.1 Å². The predicted octanol–water partition coefficient (Wildman–Crippen LogP) is 2.12. The largest absolute Gasteiger partial charge is 0.355 e. The van der Waals surface area contributed by atoms with Crippen LogP contribution in [0.3, 0.4) is 0 Å². The molecule has 0 unspecified atom stereocenters. The first-order valence-corrected chi connectivity index (χ1v) is 7.24. The molecule has 2 aromatic heterocycles. The molecule has 0 N–H and O–H groups in total. The second-order valence-corrected chi connectivity index (χ2v) is 5.59. The number of rotatable bonds is 3. The van der Waals surface area contributed by atoms with Gasteiger partial charge in [0.15, 0.2) is 5.82 Å². The van der Waals surface area contributed by atoms with Crippen LogP contribution in [0.5, 0.6) is 0 Å². The number of anilines is 1. The van der Waals surface area contributed by atoms with Crippen molar-refractivity contribution in [2.45, 2.75) is 37.5 Å². The van der Waals surface area contributed by atoms with Crippen LogP contribution in [-0.4, -0.2) is 33.2 Å². The number of hydrogen-bond acceptors (Lipinski definition) is 6. The van der Waals surface area contributed by atoms with E-state index in [-0.39, 0.29) is 0 Å². The Labute approximate surface area is 117 Å². The van der Waals surface area contributed by atoms with Gasteiger partial charge in [0.1, 0.15) is 5.82 Å². The van der Waals surface area contributed by atoms with Gasteiger partial charge in [-0.1, -0.05) is 5.16 Å². The van der Waals surface area contributed by atoms with Crippen LogP contribution in [0.15, 0.2) is 23.1 Å². The number of nitrogens with zero attached hydrogens (tertiary/aromatic N) is 5. The van der Waals surface area contributed by atoms with Gasteiger partial charge in [-0.3, -0.25) is 4.98 Å². The van der Waals surface area contributed by atoms with Crippen molar-refractivity contribution in [2.75, 3.05) is 18.0 Å². The first-order chi connectivity index (χ1) is 9.90. The van der Waals surface area contributed by atoms with Crippen LogP contribution in [0.4, 0.5) is 5.82 Å². The highest BCUT2D eigenvalue weighted by Crippen LogP contribution is 2.39. The molecule has 0 radical (unpaired) electrons. The van der Waals surface area contributed by atoms with Gasteiger partial charge in [0, 0.05) is 37.3 Å². The summed E-state index contributed by atoms with van der Waals surface area (Å²) in [4.78, 5) is 15.3. The lowest BCUT2D eigenvalue weighted by molar-refractivity contribution is 0.364. The molecule has 0 atom stereocenters. The minimum atomic E-state index is 0.416. The van der Waals surface area contributed by atoms with Crippen LogP contribution in [0.25, 0.3) is 0 Å². The van der Waals surface area contributed by atoms with Gasteiger partial charge < -0.3 is 9.42 Å². The average molecular weight is 271 g/mol. The molecule has 0 aromatic carbocycles. The summed E-state index contributed by atoms with van der Waals surface area (Å²) in [6.07, 6.45) is 9.75. The Morgan fingerprint density at radius 3 is 2.60 bits per heavy atom. The Morgan fingerprint density at radius 2 is 1.90 bits per heavy atom. The fraction of sp³-hybridized carbons (Fsp3) is 0.571. The van der Waals surface area contributed by atoms with Gasteiger partial charge in [-0.25, -0.2) is 4.98 Å². The van der Waals surface area contributed by atoms with E-state index in [0.717, 1.165) is 43.5 Å². The minimum Gasteiger partial charge on any atom is -0.355 e. The van der Waals surface area contributed by atoms with Gasteiger partial charge in [-0.2, -0.15) is 4.98 Å². The highest BCUT2D eigenvalue weighted by atomic mass is 16.5. The second-order valence-electron chi connectivity index (χ2n) is 5.59. The van der Waals surface area contributed by atoms with Crippen molar-refractivity contribution in [3.63, 3.8) is 0 Å². The summed E-state index contributed by atoms with van der Waals surface area (Å²) < 4.78 is 5.36. The number of aromatic nitrogens is 4. The first-order valence-electron chi connectivity index (χ1n) is 7.24. The standard InChI is InChI=1S/C14H17N5O/c1-2-11(1)14-17-13(18-20-14)10-3-7-19(8-4-10)12-9-15-5-6-16-12/h5-6,9-11H,1-4,7-8H2. The quantitative estimate of drug-likeness (QED) is 0.851. The maximum Gasteiger partial charge on any atom is 0.229 e. The Bertz CT molecular complexity index is 572. The summed E-state index contributed by atoms with van der Waals surface area (Å²) in [6.45, 7) is 1.94. The van der Waals surface area contributed by atoms with Crippen LogP contribution < -0.4 is 4.90 Å². The van der Waals surface area contributed by atoms with E-state index in [1.54, 1.807) is 12.4 Å². The summed E-state index contributed by atoms with van der Waals surface area (Å²) in [6, 6.07) is 0. The highest BCUT2D eigenvalue weighted by Gasteiger charge is 2.31. The normalized spacial score (nSPS) is 20.3. The molecule has 20 heavy (non-hydrogen) atoms. The molecule has 0 spiro atoms. The summed E-state index contributed by atoms with van der Waals surface area (Å²) in [5.74, 6) is 3.65. The smallest absolute Gasteiger partial charge is 0.229 e. The van der Waals surface area contributed by atoms with E-state index in [1.807, 2.05) is 6.20 Å². The zero-order chi connectivity index (χ0) is 13.4. The highest BCUT2D eigenvalue weighted by molar-refractivity contribution is 5.35. The summed E-state index contributed by atoms with van der Waals surface area (Å²) >= 11 is 0. The third kappa shape index (κ3) is 2.26. The van der Waals surface area contributed by atoms with Crippen molar-refractivity contribution in [3.05, 3.63) is 30.3 Å².